The maximum Gasteiger partial charge on any atom is 0.0940 e. The van der Waals surface area contributed by atoms with E-state index < -0.39 is 14.2 Å². The van der Waals surface area contributed by atoms with Crippen molar-refractivity contribution in [2.75, 3.05) is 6.54 Å². The first-order valence-corrected chi connectivity index (χ1v) is 10.6. The zero-order valence-corrected chi connectivity index (χ0v) is 13.1. The van der Waals surface area contributed by atoms with Gasteiger partial charge in [0.1, 0.15) is 0 Å². The summed E-state index contributed by atoms with van der Waals surface area (Å²) in [5.41, 5.74) is 0.989. The van der Waals surface area contributed by atoms with Gasteiger partial charge in [0.05, 0.1) is 6.10 Å². The number of aliphatic hydroxyl groups excluding tert-OH is 1. The third-order valence-corrected chi connectivity index (χ3v) is 5.04. The molecule has 0 bridgehead atoms. The Morgan fingerprint density at radius 3 is 2.33 bits per heavy atom. The van der Waals surface area contributed by atoms with Crippen LogP contribution in [0, 0.1) is 0 Å². The lowest BCUT2D eigenvalue weighted by molar-refractivity contribution is 0.136. The monoisotopic (exact) mass is 265 g/mol. The van der Waals surface area contributed by atoms with Gasteiger partial charge in [0.2, 0.25) is 0 Å². The molecule has 0 heterocycles. The van der Waals surface area contributed by atoms with Crippen LogP contribution in [-0.2, 0) is 0 Å². The van der Waals surface area contributed by atoms with Crippen LogP contribution in [-0.4, -0.2) is 25.8 Å². The van der Waals surface area contributed by atoms with E-state index in [-0.39, 0.29) is 6.04 Å². The Morgan fingerprint density at radius 1 is 1.17 bits per heavy atom. The van der Waals surface area contributed by atoms with Gasteiger partial charge in [-0.2, -0.15) is 0 Å². The lowest BCUT2D eigenvalue weighted by atomic mass is 10.0. The number of hydrogen-bond acceptors (Lipinski definition) is 2. The minimum absolute atomic E-state index is 0.106. The standard InChI is InChI=1S/C15H27NOSi/c1-13(16-11-8-12-18(2,3)4)15(17)14-9-6-5-7-10-14/h5-7,9-10,13,15-17H,8,11-12H2,1-4H3. The summed E-state index contributed by atoms with van der Waals surface area (Å²) >= 11 is 0. The van der Waals surface area contributed by atoms with E-state index in [0.717, 1.165) is 12.1 Å². The van der Waals surface area contributed by atoms with E-state index in [0.29, 0.717) is 0 Å². The SMILES string of the molecule is CC(NCCC[Si](C)(C)C)C(O)c1ccccc1. The molecule has 0 spiro atoms. The van der Waals surface area contributed by atoms with Gasteiger partial charge in [0, 0.05) is 14.1 Å². The summed E-state index contributed by atoms with van der Waals surface area (Å²) in [4.78, 5) is 0. The number of nitrogens with one attached hydrogen (secondary N) is 1. The molecule has 0 saturated heterocycles. The molecule has 1 aromatic carbocycles. The van der Waals surface area contributed by atoms with E-state index >= 15 is 0 Å². The maximum absolute atomic E-state index is 10.2. The Bertz CT molecular complexity index is 334. The third-order valence-electron chi connectivity index (χ3n) is 3.18. The minimum atomic E-state index is -0.923. The van der Waals surface area contributed by atoms with Gasteiger partial charge in [-0.1, -0.05) is 56.0 Å². The number of aliphatic hydroxyl groups is 1. The van der Waals surface area contributed by atoms with Crippen LogP contribution >= 0.6 is 0 Å². The topological polar surface area (TPSA) is 32.3 Å². The second-order valence-electron chi connectivity index (χ2n) is 6.26. The van der Waals surface area contributed by atoms with Gasteiger partial charge in [0.15, 0.2) is 0 Å². The highest BCUT2D eigenvalue weighted by Crippen LogP contribution is 2.16. The second kappa shape index (κ2) is 7.07. The van der Waals surface area contributed by atoms with Crippen LogP contribution < -0.4 is 5.32 Å². The summed E-state index contributed by atoms with van der Waals surface area (Å²) in [7, 11) is -0.923. The average molecular weight is 265 g/mol. The van der Waals surface area contributed by atoms with Crippen molar-refractivity contribution in [2.24, 2.45) is 0 Å². The van der Waals surface area contributed by atoms with Gasteiger partial charge < -0.3 is 10.4 Å². The first-order chi connectivity index (χ1) is 8.40. The summed E-state index contributed by atoms with van der Waals surface area (Å²) in [5, 5.41) is 13.6. The van der Waals surface area contributed by atoms with Crippen LogP contribution in [0.4, 0.5) is 0 Å². The van der Waals surface area contributed by atoms with E-state index in [1.807, 2.05) is 37.3 Å². The second-order valence-corrected chi connectivity index (χ2v) is 11.9. The predicted molar refractivity (Wildman–Crippen MR) is 81.6 cm³/mol. The van der Waals surface area contributed by atoms with Crippen LogP contribution in [0.15, 0.2) is 30.3 Å². The van der Waals surface area contributed by atoms with Crippen molar-refractivity contribution < 1.29 is 5.11 Å². The first-order valence-electron chi connectivity index (χ1n) is 6.86. The lowest BCUT2D eigenvalue weighted by Gasteiger charge is -2.22. The molecule has 0 fully saturated rings. The zero-order chi connectivity index (χ0) is 13.6. The van der Waals surface area contributed by atoms with Crippen molar-refractivity contribution in [3.05, 3.63) is 35.9 Å². The molecule has 2 atom stereocenters. The first kappa shape index (κ1) is 15.4. The maximum atomic E-state index is 10.2. The number of hydrogen-bond donors (Lipinski definition) is 2. The molecular weight excluding hydrogens is 238 g/mol. The molecule has 0 aliphatic heterocycles. The van der Waals surface area contributed by atoms with Crippen LogP contribution in [0.5, 0.6) is 0 Å². The summed E-state index contributed by atoms with van der Waals surface area (Å²) in [6, 6.07) is 11.3. The van der Waals surface area contributed by atoms with Crippen molar-refractivity contribution in [1.82, 2.24) is 5.32 Å². The van der Waals surface area contributed by atoms with E-state index in [1.165, 1.54) is 12.5 Å². The zero-order valence-electron chi connectivity index (χ0n) is 12.1. The van der Waals surface area contributed by atoms with Crippen molar-refractivity contribution >= 4 is 8.07 Å². The summed E-state index contributed by atoms with van der Waals surface area (Å²) in [6.45, 7) is 10.2. The van der Waals surface area contributed by atoms with Crippen LogP contribution in [0.3, 0.4) is 0 Å². The average Bonchev–Trinajstić information content (AvgIpc) is 2.33. The normalized spacial score (nSPS) is 15.4. The van der Waals surface area contributed by atoms with Crippen molar-refractivity contribution in [3.63, 3.8) is 0 Å². The molecule has 0 aliphatic rings. The van der Waals surface area contributed by atoms with Gasteiger partial charge in [-0.3, -0.25) is 0 Å². The molecule has 0 amide bonds. The molecule has 0 aromatic heterocycles. The third kappa shape index (κ3) is 5.80. The molecule has 0 radical (unpaired) electrons. The van der Waals surface area contributed by atoms with E-state index in [4.69, 9.17) is 0 Å². The molecule has 1 aromatic rings. The summed E-state index contributed by atoms with van der Waals surface area (Å²) in [6.07, 6.45) is 0.791. The van der Waals surface area contributed by atoms with E-state index in [9.17, 15) is 5.11 Å². The smallest absolute Gasteiger partial charge is 0.0940 e. The quantitative estimate of drug-likeness (QED) is 0.585. The fourth-order valence-electron chi connectivity index (χ4n) is 2.00. The Kier molecular flexibility index (Phi) is 6.06. The molecular formula is C15H27NOSi. The van der Waals surface area contributed by atoms with Gasteiger partial charge in [-0.15, -0.1) is 0 Å². The lowest BCUT2D eigenvalue weighted by Crippen LogP contribution is -2.33. The van der Waals surface area contributed by atoms with Gasteiger partial charge in [-0.05, 0) is 25.5 Å². The highest BCUT2D eigenvalue weighted by Gasteiger charge is 2.16. The van der Waals surface area contributed by atoms with Crippen LogP contribution in [0.25, 0.3) is 0 Å². The minimum Gasteiger partial charge on any atom is -0.387 e. The molecule has 18 heavy (non-hydrogen) atoms. The largest absolute Gasteiger partial charge is 0.387 e. The van der Waals surface area contributed by atoms with Crippen molar-refractivity contribution in [3.8, 4) is 0 Å². The Balaban J connectivity index is 2.31. The molecule has 1 rings (SSSR count). The van der Waals surface area contributed by atoms with Crippen LogP contribution in [0.1, 0.15) is 25.0 Å². The molecule has 0 saturated carbocycles. The Labute approximate surface area is 112 Å². The highest BCUT2D eigenvalue weighted by atomic mass is 28.3. The van der Waals surface area contributed by atoms with E-state index in [1.54, 1.807) is 0 Å². The highest BCUT2D eigenvalue weighted by molar-refractivity contribution is 6.76. The molecule has 2 N–H and O–H groups in total. The van der Waals surface area contributed by atoms with E-state index in [2.05, 4.69) is 25.0 Å². The summed E-state index contributed by atoms with van der Waals surface area (Å²) < 4.78 is 0. The Hall–Kier alpha value is -0.643. The molecule has 102 valence electrons. The molecule has 2 unspecified atom stereocenters. The van der Waals surface area contributed by atoms with Gasteiger partial charge in [0.25, 0.3) is 0 Å². The fraction of sp³-hybridized carbons (Fsp3) is 0.600. The predicted octanol–water partition coefficient (Wildman–Crippen LogP) is 3.43. The molecule has 0 aliphatic carbocycles. The van der Waals surface area contributed by atoms with Gasteiger partial charge in [-0.25, -0.2) is 0 Å². The van der Waals surface area contributed by atoms with Crippen LogP contribution in [0.2, 0.25) is 25.7 Å². The fourth-order valence-corrected chi connectivity index (χ4v) is 3.24. The van der Waals surface area contributed by atoms with Crippen molar-refractivity contribution in [1.29, 1.82) is 0 Å². The number of benzene rings is 1. The Morgan fingerprint density at radius 2 is 1.78 bits per heavy atom. The summed E-state index contributed by atoms with van der Waals surface area (Å²) in [5.74, 6) is 0. The van der Waals surface area contributed by atoms with Gasteiger partial charge >= 0.3 is 0 Å². The number of rotatable bonds is 7. The molecule has 2 nitrogen and oxygen atoms in total. The molecule has 3 heteroatoms. The van der Waals surface area contributed by atoms with Crippen molar-refractivity contribution in [2.45, 2.75) is 51.2 Å².